The Kier molecular flexibility index (Phi) is 5.52. The molecule has 0 aliphatic rings. The van der Waals surface area contributed by atoms with Crippen LogP contribution in [-0.4, -0.2) is 36.8 Å². The number of halogens is 2. The number of likely N-dealkylation sites (N-methyl/N-ethyl adjacent to an activating group) is 1. The third-order valence-corrected chi connectivity index (χ3v) is 3.20. The third-order valence-electron chi connectivity index (χ3n) is 2.54. The average Bonchev–Trinajstić information content (AvgIpc) is 2.24. The number of hydrogen-bond donors (Lipinski definition) is 2. The van der Waals surface area contributed by atoms with E-state index in [1.807, 2.05) is 11.9 Å². The number of nitrogens with zero attached hydrogens (tertiary/aromatic N) is 1. The monoisotopic (exact) mass is 262 g/mol. The van der Waals surface area contributed by atoms with E-state index in [0.29, 0.717) is 23.1 Å². The van der Waals surface area contributed by atoms with Crippen molar-refractivity contribution in [2.24, 2.45) is 5.73 Å². The summed E-state index contributed by atoms with van der Waals surface area (Å²) in [6.45, 7) is 1.01. The zero-order valence-electron chi connectivity index (χ0n) is 9.16. The van der Waals surface area contributed by atoms with E-state index >= 15 is 0 Å². The Morgan fingerprint density at radius 2 is 1.94 bits per heavy atom. The summed E-state index contributed by atoms with van der Waals surface area (Å²) in [6.07, 6.45) is 0. The molecular formula is C11H16Cl2N2O. The van der Waals surface area contributed by atoms with Crippen LogP contribution in [-0.2, 0) is 0 Å². The van der Waals surface area contributed by atoms with Gasteiger partial charge in [-0.3, -0.25) is 4.90 Å². The summed E-state index contributed by atoms with van der Waals surface area (Å²) in [6, 6.07) is 5.30. The molecule has 0 aromatic heterocycles. The van der Waals surface area contributed by atoms with Crippen molar-refractivity contribution in [3.8, 4) is 0 Å². The summed E-state index contributed by atoms with van der Waals surface area (Å²) < 4.78 is 0. The summed E-state index contributed by atoms with van der Waals surface area (Å²) in [5.74, 6) is 0. The number of hydrogen-bond acceptors (Lipinski definition) is 3. The van der Waals surface area contributed by atoms with Gasteiger partial charge in [0.05, 0.1) is 6.61 Å². The standard InChI is InChI=1S/C11H16Cl2N2O/c1-15(5-6-16)10(7-14)11-8(12)3-2-4-9(11)13/h2-4,10,16H,5-7,14H2,1H3. The molecule has 0 fully saturated rings. The fraction of sp³-hybridized carbons (Fsp3) is 0.455. The fourth-order valence-corrected chi connectivity index (χ4v) is 2.31. The topological polar surface area (TPSA) is 49.5 Å². The summed E-state index contributed by atoms with van der Waals surface area (Å²) in [5, 5.41) is 10.1. The van der Waals surface area contributed by atoms with Gasteiger partial charge in [-0.05, 0) is 19.2 Å². The maximum atomic E-state index is 8.92. The number of benzene rings is 1. The molecule has 0 saturated carbocycles. The van der Waals surface area contributed by atoms with Crippen molar-refractivity contribution in [1.29, 1.82) is 0 Å². The molecule has 1 atom stereocenters. The molecule has 0 aliphatic carbocycles. The molecule has 0 spiro atoms. The highest BCUT2D eigenvalue weighted by Crippen LogP contribution is 2.32. The predicted molar refractivity (Wildman–Crippen MR) is 68.0 cm³/mol. The molecule has 1 aromatic carbocycles. The van der Waals surface area contributed by atoms with Crippen LogP contribution in [0.2, 0.25) is 10.0 Å². The molecule has 0 radical (unpaired) electrons. The Balaban J connectivity index is 3.03. The number of nitrogens with two attached hydrogens (primary N) is 1. The largest absolute Gasteiger partial charge is 0.395 e. The van der Waals surface area contributed by atoms with Gasteiger partial charge >= 0.3 is 0 Å². The summed E-state index contributed by atoms with van der Waals surface area (Å²) in [4.78, 5) is 1.94. The van der Waals surface area contributed by atoms with E-state index in [4.69, 9.17) is 34.0 Å². The van der Waals surface area contributed by atoms with E-state index in [-0.39, 0.29) is 12.6 Å². The first-order chi connectivity index (χ1) is 7.61. The Hall–Kier alpha value is -0.320. The number of aliphatic hydroxyl groups is 1. The molecule has 0 aliphatic heterocycles. The Labute approximate surface area is 106 Å². The van der Waals surface area contributed by atoms with E-state index in [1.165, 1.54) is 0 Å². The van der Waals surface area contributed by atoms with Gasteiger partial charge in [0.2, 0.25) is 0 Å². The van der Waals surface area contributed by atoms with Gasteiger partial charge in [-0.2, -0.15) is 0 Å². The maximum absolute atomic E-state index is 8.92. The first kappa shape index (κ1) is 13.7. The molecule has 1 aromatic rings. The minimum absolute atomic E-state index is 0.0756. The fourth-order valence-electron chi connectivity index (χ4n) is 1.66. The van der Waals surface area contributed by atoms with Gasteiger partial charge < -0.3 is 10.8 Å². The van der Waals surface area contributed by atoms with Crippen molar-refractivity contribution >= 4 is 23.2 Å². The Morgan fingerprint density at radius 3 is 2.38 bits per heavy atom. The van der Waals surface area contributed by atoms with Gasteiger partial charge in [-0.15, -0.1) is 0 Å². The first-order valence-electron chi connectivity index (χ1n) is 5.07. The van der Waals surface area contributed by atoms with Crippen LogP contribution in [0.5, 0.6) is 0 Å². The Bertz CT molecular complexity index is 327. The van der Waals surface area contributed by atoms with Crippen molar-refractivity contribution < 1.29 is 5.11 Å². The lowest BCUT2D eigenvalue weighted by atomic mass is 10.1. The third kappa shape index (κ3) is 3.09. The highest BCUT2D eigenvalue weighted by atomic mass is 35.5. The van der Waals surface area contributed by atoms with E-state index in [1.54, 1.807) is 18.2 Å². The molecule has 0 saturated heterocycles. The van der Waals surface area contributed by atoms with Crippen molar-refractivity contribution in [1.82, 2.24) is 4.90 Å². The first-order valence-corrected chi connectivity index (χ1v) is 5.82. The molecule has 5 heteroatoms. The molecule has 0 bridgehead atoms. The second kappa shape index (κ2) is 6.42. The normalized spacial score (nSPS) is 13.1. The van der Waals surface area contributed by atoms with Crippen LogP contribution in [0.25, 0.3) is 0 Å². The second-order valence-corrected chi connectivity index (χ2v) is 4.41. The zero-order valence-corrected chi connectivity index (χ0v) is 10.7. The maximum Gasteiger partial charge on any atom is 0.0558 e. The Morgan fingerprint density at radius 1 is 1.38 bits per heavy atom. The van der Waals surface area contributed by atoms with Gasteiger partial charge in [0.1, 0.15) is 0 Å². The van der Waals surface area contributed by atoms with E-state index in [2.05, 4.69) is 0 Å². The van der Waals surface area contributed by atoms with Crippen LogP contribution < -0.4 is 5.73 Å². The number of rotatable bonds is 5. The molecular weight excluding hydrogens is 247 g/mol. The van der Waals surface area contributed by atoms with Gasteiger partial charge in [0.25, 0.3) is 0 Å². The quantitative estimate of drug-likeness (QED) is 0.853. The molecule has 16 heavy (non-hydrogen) atoms. The lowest BCUT2D eigenvalue weighted by molar-refractivity contribution is 0.183. The van der Waals surface area contributed by atoms with Crippen molar-refractivity contribution in [2.45, 2.75) is 6.04 Å². The van der Waals surface area contributed by atoms with E-state index in [0.717, 1.165) is 5.56 Å². The summed E-state index contributed by atoms with van der Waals surface area (Å²) in [5.41, 5.74) is 6.56. The van der Waals surface area contributed by atoms with Crippen LogP contribution in [0.1, 0.15) is 11.6 Å². The van der Waals surface area contributed by atoms with Gasteiger partial charge in [0, 0.05) is 34.7 Å². The SMILES string of the molecule is CN(CCO)C(CN)c1c(Cl)cccc1Cl. The van der Waals surface area contributed by atoms with E-state index < -0.39 is 0 Å². The predicted octanol–water partition coefficient (Wildman–Crippen LogP) is 1.92. The van der Waals surface area contributed by atoms with Gasteiger partial charge in [-0.25, -0.2) is 0 Å². The van der Waals surface area contributed by atoms with Crippen molar-refractivity contribution in [3.05, 3.63) is 33.8 Å². The molecule has 0 heterocycles. The van der Waals surface area contributed by atoms with Crippen LogP contribution in [0.4, 0.5) is 0 Å². The molecule has 0 amide bonds. The van der Waals surface area contributed by atoms with E-state index in [9.17, 15) is 0 Å². The van der Waals surface area contributed by atoms with Crippen molar-refractivity contribution in [2.75, 3.05) is 26.7 Å². The highest BCUT2D eigenvalue weighted by Gasteiger charge is 2.20. The molecule has 3 N–H and O–H groups in total. The van der Waals surface area contributed by atoms with Crippen LogP contribution in [0.15, 0.2) is 18.2 Å². The summed E-state index contributed by atoms with van der Waals surface area (Å²) in [7, 11) is 1.88. The average molecular weight is 263 g/mol. The van der Waals surface area contributed by atoms with Crippen LogP contribution in [0, 0.1) is 0 Å². The zero-order chi connectivity index (χ0) is 12.1. The molecule has 90 valence electrons. The molecule has 3 nitrogen and oxygen atoms in total. The van der Waals surface area contributed by atoms with Crippen molar-refractivity contribution in [3.63, 3.8) is 0 Å². The molecule has 1 unspecified atom stereocenters. The molecule has 1 rings (SSSR count). The smallest absolute Gasteiger partial charge is 0.0558 e. The lowest BCUT2D eigenvalue weighted by Crippen LogP contribution is -2.33. The highest BCUT2D eigenvalue weighted by molar-refractivity contribution is 6.36. The van der Waals surface area contributed by atoms with Crippen LogP contribution >= 0.6 is 23.2 Å². The van der Waals surface area contributed by atoms with Gasteiger partial charge in [0.15, 0.2) is 0 Å². The van der Waals surface area contributed by atoms with Crippen LogP contribution in [0.3, 0.4) is 0 Å². The summed E-state index contributed by atoms with van der Waals surface area (Å²) >= 11 is 12.2. The lowest BCUT2D eigenvalue weighted by Gasteiger charge is -2.28. The minimum Gasteiger partial charge on any atom is -0.395 e. The second-order valence-electron chi connectivity index (χ2n) is 3.59. The number of aliphatic hydroxyl groups excluding tert-OH is 1. The van der Waals surface area contributed by atoms with Gasteiger partial charge in [-0.1, -0.05) is 29.3 Å². The minimum atomic E-state index is -0.0756.